The highest BCUT2D eigenvalue weighted by molar-refractivity contribution is 6.01. The number of hydrogen-bond donors (Lipinski definition) is 1. The van der Waals surface area contributed by atoms with Gasteiger partial charge in [-0.1, -0.05) is 54.6 Å². The normalized spacial score (nSPS) is 11.2. The zero-order valence-corrected chi connectivity index (χ0v) is 13.7. The van der Waals surface area contributed by atoms with E-state index in [2.05, 4.69) is 22.7 Å². The maximum absolute atomic E-state index is 12.9. The summed E-state index contributed by atoms with van der Waals surface area (Å²) < 4.78 is 12.9. The average Bonchev–Trinajstić information content (AvgIpc) is 2.67. The highest BCUT2D eigenvalue weighted by Crippen LogP contribution is 2.19. The number of benzene rings is 3. The molecule has 1 N–H and O–H groups in total. The Morgan fingerprint density at radius 1 is 0.800 bits per heavy atom. The first-order chi connectivity index (χ1) is 12.1. The minimum absolute atomic E-state index is 0.359. The van der Waals surface area contributed by atoms with Gasteiger partial charge in [-0.3, -0.25) is 4.79 Å². The van der Waals surface area contributed by atoms with E-state index in [0.717, 1.165) is 16.7 Å². The standard InChI is InChI=1S/C21H17FN2O/c1-15(23-24-21(25)19-11-13-20(22)14-12-19)16-7-9-18(10-8-16)17-5-3-2-4-6-17/h2-14H,1H3,(H,24,25)/b23-15-. The Bertz CT molecular complexity index is 885. The number of hydrogen-bond acceptors (Lipinski definition) is 2. The van der Waals surface area contributed by atoms with Gasteiger partial charge >= 0.3 is 0 Å². The molecule has 0 aliphatic carbocycles. The lowest BCUT2D eigenvalue weighted by Crippen LogP contribution is -2.19. The summed E-state index contributed by atoms with van der Waals surface area (Å²) in [7, 11) is 0. The molecule has 3 rings (SSSR count). The Labute approximate surface area is 145 Å². The number of halogens is 1. The summed E-state index contributed by atoms with van der Waals surface area (Å²) in [5.74, 6) is -0.755. The molecule has 0 saturated carbocycles. The number of amides is 1. The highest BCUT2D eigenvalue weighted by Gasteiger charge is 2.05. The van der Waals surface area contributed by atoms with Crippen molar-refractivity contribution in [1.29, 1.82) is 0 Å². The molecule has 3 nitrogen and oxygen atoms in total. The van der Waals surface area contributed by atoms with Crippen molar-refractivity contribution in [3.8, 4) is 11.1 Å². The van der Waals surface area contributed by atoms with Crippen LogP contribution in [0.5, 0.6) is 0 Å². The van der Waals surface area contributed by atoms with E-state index in [0.29, 0.717) is 11.3 Å². The predicted octanol–water partition coefficient (Wildman–Crippen LogP) is 4.65. The highest BCUT2D eigenvalue weighted by atomic mass is 19.1. The van der Waals surface area contributed by atoms with E-state index >= 15 is 0 Å². The SMILES string of the molecule is C/C(=N/NC(=O)c1ccc(F)cc1)c1ccc(-c2ccccc2)cc1. The maximum Gasteiger partial charge on any atom is 0.271 e. The molecular weight excluding hydrogens is 315 g/mol. The van der Waals surface area contributed by atoms with E-state index < -0.39 is 0 Å². The van der Waals surface area contributed by atoms with Crippen LogP contribution < -0.4 is 5.43 Å². The van der Waals surface area contributed by atoms with Crippen LogP contribution in [0.4, 0.5) is 4.39 Å². The molecule has 0 saturated heterocycles. The van der Waals surface area contributed by atoms with Crippen LogP contribution in [0.1, 0.15) is 22.8 Å². The first kappa shape index (κ1) is 16.6. The van der Waals surface area contributed by atoms with Crippen molar-refractivity contribution in [2.24, 2.45) is 5.10 Å². The third-order valence-corrected chi connectivity index (χ3v) is 3.84. The predicted molar refractivity (Wildman–Crippen MR) is 98.0 cm³/mol. The van der Waals surface area contributed by atoms with Crippen LogP contribution in [0.3, 0.4) is 0 Å². The van der Waals surface area contributed by atoms with Gasteiger partial charge in [-0.2, -0.15) is 5.10 Å². The van der Waals surface area contributed by atoms with Gasteiger partial charge in [-0.25, -0.2) is 9.82 Å². The van der Waals surface area contributed by atoms with E-state index in [1.54, 1.807) is 0 Å². The minimum Gasteiger partial charge on any atom is -0.267 e. The lowest BCUT2D eigenvalue weighted by Gasteiger charge is -2.05. The lowest BCUT2D eigenvalue weighted by atomic mass is 10.0. The summed E-state index contributed by atoms with van der Waals surface area (Å²) in [6.07, 6.45) is 0. The van der Waals surface area contributed by atoms with Gasteiger partial charge in [-0.05, 0) is 47.9 Å². The summed E-state index contributed by atoms with van der Waals surface area (Å²) in [5, 5.41) is 4.12. The second-order valence-corrected chi connectivity index (χ2v) is 5.59. The van der Waals surface area contributed by atoms with E-state index in [1.165, 1.54) is 24.3 Å². The molecule has 0 unspecified atom stereocenters. The van der Waals surface area contributed by atoms with Crippen molar-refractivity contribution in [3.63, 3.8) is 0 Å². The molecule has 0 aliphatic heterocycles. The fourth-order valence-corrected chi connectivity index (χ4v) is 2.40. The van der Waals surface area contributed by atoms with Gasteiger partial charge in [0.05, 0.1) is 5.71 Å². The molecule has 0 aromatic heterocycles. The quantitative estimate of drug-likeness (QED) is 0.548. The Morgan fingerprint density at radius 2 is 1.36 bits per heavy atom. The van der Waals surface area contributed by atoms with Crippen LogP contribution in [0.2, 0.25) is 0 Å². The van der Waals surface area contributed by atoms with Crippen molar-refractivity contribution in [2.75, 3.05) is 0 Å². The molecule has 0 aliphatic rings. The molecule has 1 amide bonds. The zero-order valence-electron chi connectivity index (χ0n) is 13.7. The van der Waals surface area contributed by atoms with Gasteiger partial charge in [0.15, 0.2) is 0 Å². The third-order valence-electron chi connectivity index (χ3n) is 3.84. The Hall–Kier alpha value is -3.27. The third kappa shape index (κ3) is 4.18. The summed E-state index contributed by atoms with van der Waals surface area (Å²) in [4.78, 5) is 12.0. The Balaban J connectivity index is 1.70. The number of carbonyl (C=O) groups excluding carboxylic acids is 1. The molecule has 0 atom stereocenters. The molecule has 0 radical (unpaired) electrons. The van der Waals surface area contributed by atoms with Gasteiger partial charge in [0.25, 0.3) is 5.91 Å². The second-order valence-electron chi connectivity index (χ2n) is 5.59. The van der Waals surface area contributed by atoms with Crippen molar-refractivity contribution in [3.05, 3.63) is 95.8 Å². The number of nitrogens with zero attached hydrogens (tertiary/aromatic N) is 1. The number of nitrogens with one attached hydrogen (secondary N) is 1. The Kier molecular flexibility index (Phi) is 5.00. The fourth-order valence-electron chi connectivity index (χ4n) is 2.40. The number of rotatable bonds is 4. The molecule has 0 fully saturated rings. The van der Waals surface area contributed by atoms with E-state index in [-0.39, 0.29) is 11.7 Å². The summed E-state index contributed by atoms with van der Waals surface area (Å²) in [6, 6.07) is 23.4. The minimum atomic E-state index is -0.380. The van der Waals surface area contributed by atoms with Gasteiger partial charge in [0, 0.05) is 5.56 Å². The molecule has 4 heteroatoms. The van der Waals surface area contributed by atoms with Crippen LogP contribution in [0, 0.1) is 5.82 Å². The smallest absolute Gasteiger partial charge is 0.267 e. The first-order valence-electron chi connectivity index (χ1n) is 7.89. The largest absolute Gasteiger partial charge is 0.271 e. The van der Waals surface area contributed by atoms with Crippen LogP contribution in [0.25, 0.3) is 11.1 Å². The topological polar surface area (TPSA) is 41.5 Å². The van der Waals surface area contributed by atoms with E-state index in [9.17, 15) is 9.18 Å². The fraction of sp³-hybridized carbons (Fsp3) is 0.0476. The van der Waals surface area contributed by atoms with Crippen LogP contribution in [-0.2, 0) is 0 Å². The van der Waals surface area contributed by atoms with E-state index in [1.807, 2.05) is 49.4 Å². The summed E-state index contributed by atoms with van der Waals surface area (Å²) >= 11 is 0. The van der Waals surface area contributed by atoms with Gasteiger partial charge in [0.2, 0.25) is 0 Å². The summed E-state index contributed by atoms with van der Waals surface area (Å²) in [6.45, 7) is 1.82. The molecule has 124 valence electrons. The Morgan fingerprint density at radius 3 is 2.00 bits per heavy atom. The molecule has 0 heterocycles. The van der Waals surface area contributed by atoms with Crippen LogP contribution >= 0.6 is 0 Å². The average molecular weight is 332 g/mol. The van der Waals surface area contributed by atoms with Crippen molar-refractivity contribution in [2.45, 2.75) is 6.92 Å². The molecule has 25 heavy (non-hydrogen) atoms. The number of carbonyl (C=O) groups is 1. The van der Waals surface area contributed by atoms with Crippen LogP contribution in [-0.4, -0.2) is 11.6 Å². The van der Waals surface area contributed by atoms with Gasteiger partial charge < -0.3 is 0 Å². The monoisotopic (exact) mass is 332 g/mol. The van der Waals surface area contributed by atoms with Gasteiger partial charge in [-0.15, -0.1) is 0 Å². The van der Waals surface area contributed by atoms with Crippen LogP contribution in [0.15, 0.2) is 84.0 Å². The number of hydrazone groups is 1. The van der Waals surface area contributed by atoms with E-state index in [4.69, 9.17) is 0 Å². The zero-order chi connectivity index (χ0) is 17.6. The molecule has 3 aromatic rings. The molecular formula is C21H17FN2O. The molecule has 0 spiro atoms. The van der Waals surface area contributed by atoms with Crippen molar-refractivity contribution >= 4 is 11.6 Å². The maximum atomic E-state index is 12.9. The second kappa shape index (κ2) is 7.53. The van der Waals surface area contributed by atoms with Crippen molar-refractivity contribution < 1.29 is 9.18 Å². The molecule has 0 bridgehead atoms. The molecule has 3 aromatic carbocycles. The first-order valence-corrected chi connectivity index (χ1v) is 7.89. The summed E-state index contributed by atoms with van der Waals surface area (Å²) in [5.41, 5.74) is 6.72. The lowest BCUT2D eigenvalue weighted by molar-refractivity contribution is 0.0955. The van der Waals surface area contributed by atoms with Gasteiger partial charge in [0.1, 0.15) is 5.82 Å². The van der Waals surface area contributed by atoms with Crippen molar-refractivity contribution in [1.82, 2.24) is 5.43 Å².